The van der Waals surface area contributed by atoms with Crippen molar-refractivity contribution >= 4 is 39.1 Å². The first-order valence-corrected chi connectivity index (χ1v) is 6.89. The lowest BCUT2D eigenvalue weighted by atomic mass is 10.1. The molecule has 0 radical (unpaired) electrons. The molecule has 3 aromatic heterocycles. The minimum absolute atomic E-state index is 0.350. The van der Waals surface area contributed by atoms with Gasteiger partial charge in [0, 0.05) is 23.3 Å². The topological polar surface area (TPSA) is 68.4 Å². The van der Waals surface area contributed by atoms with Crippen LogP contribution in [0.15, 0.2) is 36.8 Å². The summed E-state index contributed by atoms with van der Waals surface area (Å²) in [6.45, 7) is 0. The fraction of sp³-hybridized carbons (Fsp3) is 0.0625. The number of carbonyl (C=O) groups excluding carboxylic acids is 2. The van der Waals surface area contributed by atoms with Crippen molar-refractivity contribution in [1.29, 1.82) is 0 Å². The second-order valence-electron chi connectivity index (χ2n) is 5.46. The molecule has 0 saturated heterocycles. The summed E-state index contributed by atoms with van der Waals surface area (Å²) in [5, 5.41) is 4.17. The molecule has 0 spiro atoms. The molecule has 6 heteroatoms. The number of hydrogen-bond donors (Lipinski definition) is 1. The molecule has 4 aromatic rings. The number of rotatable bonds is 0. The number of carbonyl (C=O) groups is 2. The van der Waals surface area contributed by atoms with Gasteiger partial charge in [-0.05, 0) is 6.07 Å². The Hall–Kier alpha value is -3.15. The molecule has 1 aliphatic rings. The predicted molar refractivity (Wildman–Crippen MR) is 81.0 cm³/mol. The van der Waals surface area contributed by atoms with Gasteiger partial charge in [-0.15, -0.1) is 0 Å². The standard InChI is InChI=1S/C16H10N4O2/c1-19-9-5-3-2-4-8(9)11-12-14(16(22)18-15(12)21)20-7-17-6-10(20)13(11)19/h2-7H,1H3,(H,18,21,22). The lowest BCUT2D eigenvalue weighted by molar-refractivity contribution is 0.0878. The lowest BCUT2D eigenvalue weighted by Gasteiger charge is -2.05. The van der Waals surface area contributed by atoms with Crippen molar-refractivity contribution in [2.45, 2.75) is 0 Å². The van der Waals surface area contributed by atoms with Crippen molar-refractivity contribution < 1.29 is 9.59 Å². The predicted octanol–water partition coefficient (Wildman–Crippen LogP) is 1.86. The Morgan fingerprint density at radius 3 is 2.77 bits per heavy atom. The first-order chi connectivity index (χ1) is 10.7. The largest absolute Gasteiger partial charge is 0.342 e. The van der Waals surface area contributed by atoms with Crippen LogP contribution in [0.3, 0.4) is 0 Å². The highest BCUT2D eigenvalue weighted by Gasteiger charge is 2.34. The summed E-state index contributed by atoms with van der Waals surface area (Å²) in [5.74, 6) is -0.727. The molecule has 4 heterocycles. The molecule has 1 N–H and O–H groups in total. The molecule has 2 amide bonds. The number of nitrogens with one attached hydrogen (secondary N) is 1. The van der Waals surface area contributed by atoms with Crippen LogP contribution in [0.25, 0.3) is 27.3 Å². The summed E-state index contributed by atoms with van der Waals surface area (Å²) in [6, 6.07) is 7.87. The summed E-state index contributed by atoms with van der Waals surface area (Å²) in [4.78, 5) is 28.7. The minimum atomic E-state index is -0.377. The van der Waals surface area contributed by atoms with Gasteiger partial charge in [-0.3, -0.25) is 19.3 Å². The van der Waals surface area contributed by atoms with E-state index in [0.717, 1.165) is 27.3 Å². The first-order valence-electron chi connectivity index (χ1n) is 6.89. The summed E-state index contributed by atoms with van der Waals surface area (Å²) in [5.41, 5.74) is 3.53. The van der Waals surface area contributed by atoms with Crippen LogP contribution in [0.2, 0.25) is 0 Å². The van der Waals surface area contributed by atoms with Crippen LogP contribution in [0.4, 0.5) is 0 Å². The van der Waals surface area contributed by atoms with E-state index in [1.807, 2.05) is 35.9 Å². The molecule has 0 bridgehead atoms. The highest BCUT2D eigenvalue weighted by atomic mass is 16.2. The van der Waals surface area contributed by atoms with Gasteiger partial charge in [-0.1, -0.05) is 18.2 Å². The Morgan fingerprint density at radius 2 is 1.91 bits per heavy atom. The number of pyridine rings is 1. The van der Waals surface area contributed by atoms with Crippen LogP contribution in [0.5, 0.6) is 0 Å². The van der Waals surface area contributed by atoms with Crippen LogP contribution in [-0.2, 0) is 7.05 Å². The van der Waals surface area contributed by atoms with E-state index in [2.05, 4.69) is 10.3 Å². The summed E-state index contributed by atoms with van der Waals surface area (Å²) in [6.07, 6.45) is 3.29. The van der Waals surface area contributed by atoms with Crippen LogP contribution in [0, 0.1) is 0 Å². The Bertz CT molecular complexity index is 1150. The van der Waals surface area contributed by atoms with Gasteiger partial charge in [0.2, 0.25) is 0 Å². The normalized spacial score (nSPS) is 14.2. The van der Waals surface area contributed by atoms with Gasteiger partial charge < -0.3 is 4.57 Å². The van der Waals surface area contributed by atoms with Crippen LogP contribution < -0.4 is 5.32 Å². The second kappa shape index (κ2) is 3.54. The summed E-state index contributed by atoms with van der Waals surface area (Å²) < 4.78 is 3.73. The highest BCUT2D eigenvalue weighted by Crippen LogP contribution is 2.36. The monoisotopic (exact) mass is 290 g/mol. The molecule has 106 valence electrons. The zero-order valence-corrected chi connectivity index (χ0v) is 11.6. The van der Waals surface area contributed by atoms with Crippen molar-refractivity contribution in [3.63, 3.8) is 0 Å². The third-order valence-corrected chi connectivity index (χ3v) is 4.38. The van der Waals surface area contributed by atoms with Crippen LogP contribution in [-0.4, -0.2) is 25.8 Å². The molecule has 0 aliphatic carbocycles. The number of hydrogen-bond acceptors (Lipinski definition) is 3. The van der Waals surface area contributed by atoms with E-state index < -0.39 is 0 Å². The van der Waals surface area contributed by atoms with Crippen molar-refractivity contribution in [2.75, 3.05) is 0 Å². The fourth-order valence-corrected chi connectivity index (χ4v) is 3.50. The molecule has 0 unspecified atom stereocenters. The van der Waals surface area contributed by atoms with E-state index in [-0.39, 0.29) is 11.8 Å². The fourth-order valence-electron chi connectivity index (χ4n) is 3.50. The average molecular weight is 290 g/mol. The van der Waals surface area contributed by atoms with Crippen LogP contribution >= 0.6 is 0 Å². The van der Waals surface area contributed by atoms with Gasteiger partial charge in [0.15, 0.2) is 0 Å². The van der Waals surface area contributed by atoms with Gasteiger partial charge in [-0.2, -0.15) is 0 Å². The summed E-state index contributed by atoms with van der Waals surface area (Å²) >= 11 is 0. The van der Waals surface area contributed by atoms with Crippen molar-refractivity contribution in [1.82, 2.24) is 19.3 Å². The van der Waals surface area contributed by atoms with Gasteiger partial charge >= 0.3 is 0 Å². The van der Waals surface area contributed by atoms with E-state index in [0.29, 0.717) is 11.3 Å². The maximum absolute atomic E-state index is 12.3. The third-order valence-electron chi connectivity index (χ3n) is 4.38. The number of nitrogens with zero attached hydrogens (tertiary/aromatic N) is 3. The smallest absolute Gasteiger partial charge is 0.276 e. The van der Waals surface area contributed by atoms with E-state index >= 15 is 0 Å². The molecule has 6 nitrogen and oxygen atoms in total. The average Bonchev–Trinajstić information content (AvgIpc) is 3.16. The van der Waals surface area contributed by atoms with Gasteiger partial charge in [0.05, 0.1) is 29.1 Å². The number of benzene rings is 1. The second-order valence-corrected chi connectivity index (χ2v) is 5.46. The minimum Gasteiger partial charge on any atom is -0.342 e. The number of aromatic nitrogens is 3. The number of aryl methyl sites for hydroxylation is 1. The SMILES string of the molecule is Cn1c2ccccc2c2c3c(n4cncc4c21)C(=O)NC3=O. The molecule has 5 rings (SSSR count). The van der Waals surface area contributed by atoms with E-state index in [4.69, 9.17) is 0 Å². The number of imidazole rings is 1. The maximum Gasteiger partial charge on any atom is 0.276 e. The third kappa shape index (κ3) is 1.11. The quantitative estimate of drug-likeness (QED) is 0.503. The highest BCUT2D eigenvalue weighted by molar-refractivity contribution is 6.31. The van der Waals surface area contributed by atoms with Crippen molar-refractivity contribution in [3.05, 3.63) is 48.0 Å². The molecule has 0 fully saturated rings. The Morgan fingerprint density at radius 1 is 1.09 bits per heavy atom. The number of fused-ring (bicyclic) bond motifs is 8. The zero-order valence-electron chi connectivity index (χ0n) is 11.6. The number of imide groups is 1. The molecule has 0 atom stereocenters. The van der Waals surface area contributed by atoms with E-state index in [1.54, 1.807) is 16.9 Å². The first kappa shape index (κ1) is 11.5. The van der Waals surface area contributed by atoms with E-state index in [9.17, 15) is 9.59 Å². The molecule has 1 aliphatic heterocycles. The Balaban J connectivity index is 2.23. The van der Waals surface area contributed by atoms with Crippen molar-refractivity contribution in [3.8, 4) is 0 Å². The van der Waals surface area contributed by atoms with E-state index in [1.165, 1.54) is 0 Å². The van der Waals surface area contributed by atoms with Crippen LogP contribution in [0.1, 0.15) is 20.8 Å². The molecular formula is C16H10N4O2. The molecule has 0 saturated carbocycles. The maximum atomic E-state index is 12.3. The molecule has 22 heavy (non-hydrogen) atoms. The van der Waals surface area contributed by atoms with Gasteiger partial charge in [-0.25, -0.2) is 4.98 Å². The number of amides is 2. The Kier molecular flexibility index (Phi) is 1.85. The van der Waals surface area contributed by atoms with Gasteiger partial charge in [0.1, 0.15) is 5.69 Å². The summed E-state index contributed by atoms with van der Waals surface area (Å²) in [7, 11) is 1.96. The zero-order chi connectivity index (χ0) is 15.0. The van der Waals surface area contributed by atoms with Gasteiger partial charge in [0.25, 0.3) is 11.8 Å². The Labute approximate surface area is 124 Å². The molecule has 1 aromatic carbocycles. The number of para-hydroxylation sites is 1. The van der Waals surface area contributed by atoms with Crippen molar-refractivity contribution in [2.24, 2.45) is 7.05 Å². The lowest BCUT2D eigenvalue weighted by Crippen LogP contribution is -2.20. The molecular weight excluding hydrogens is 280 g/mol.